The van der Waals surface area contributed by atoms with Crippen molar-refractivity contribution < 1.29 is 14.3 Å². The number of hydrogen-bond acceptors (Lipinski definition) is 5. The van der Waals surface area contributed by atoms with Crippen molar-refractivity contribution in [2.45, 2.75) is 19.4 Å². The molecular weight excluding hydrogens is 350 g/mol. The first-order valence-electron chi connectivity index (χ1n) is 8.71. The van der Waals surface area contributed by atoms with Gasteiger partial charge in [-0.25, -0.2) is 4.98 Å². The minimum Gasteiger partial charge on any atom is -0.383 e. The van der Waals surface area contributed by atoms with Crippen LogP contribution in [-0.4, -0.2) is 48.5 Å². The van der Waals surface area contributed by atoms with Crippen molar-refractivity contribution in [1.82, 2.24) is 15.2 Å². The Kier molecular flexibility index (Phi) is 6.35. The number of thiazole rings is 1. The van der Waals surface area contributed by atoms with Crippen LogP contribution < -0.4 is 5.32 Å². The van der Waals surface area contributed by atoms with E-state index in [4.69, 9.17) is 4.74 Å². The standard InChI is InChI=1S/C19H23N3O3S/c1-25-10-9-22-12-15(7-8-17(22)23)19(24)20-11-16-18(21-13-26-16)14-5-3-2-4-6-14/h2-6,13,15H,7-12H2,1H3,(H,20,24). The van der Waals surface area contributed by atoms with Crippen LogP contribution in [0.1, 0.15) is 17.7 Å². The minimum atomic E-state index is -0.169. The van der Waals surface area contributed by atoms with Crippen LogP contribution in [0.2, 0.25) is 0 Å². The van der Waals surface area contributed by atoms with Gasteiger partial charge >= 0.3 is 0 Å². The maximum Gasteiger partial charge on any atom is 0.225 e. The highest BCUT2D eigenvalue weighted by Crippen LogP contribution is 2.25. The molecule has 1 aromatic heterocycles. The maximum atomic E-state index is 12.6. The van der Waals surface area contributed by atoms with Gasteiger partial charge < -0.3 is 15.0 Å². The molecule has 1 saturated heterocycles. The molecular formula is C19H23N3O3S. The van der Waals surface area contributed by atoms with Crippen LogP contribution in [0.5, 0.6) is 0 Å². The third kappa shape index (κ3) is 4.47. The number of hydrogen-bond donors (Lipinski definition) is 1. The summed E-state index contributed by atoms with van der Waals surface area (Å²) in [6, 6.07) is 9.95. The van der Waals surface area contributed by atoms with Crippen LogP contribution in [0.15, 0.2) is 35.8 Å². The summed E-state index contributed by atoms with van der Waals surface area (Å²) in [5.41, 5.74) is 3.76. The van der Waals surface area contributed by atoms with Crippen LogP contribution >= 0.6 is 11.3 Å². The molecule has 1 unspecified atom stereocenters. The van der Waals surface area contributed by atoms with E-state index in [-0.39, 0.29) is 17.7 Å². The molecule has 2 heterocycles. The molecule has 1 fully saturated rings. The molecule has 138 valence electrons. The smallest absolute Gasteiger partial charge is 0.225 e. The second-order valence-corrected chi connectivity index (χ2v) is 7.22. The van der Waals surface area contributed by atoms with Gasteiger partial charge in [-0.1, -0.05) is 30.3 Å². The van der Waals surface area contributed by atoms with Gasteiger partial charge in [-0.2, -0.15) is 0 Å². The van der Waals surface area contributed by atoms with Crippen molar-refractivity contribution in [2.24, 2.45) is 5.92 Å². The first-order chi connectivity index (χ1) is 12.7. The van der Waals surface area contributed by atoms with Crippen LogP contribution in [0, 0.1) is 5.92 Å². The Morgan fingerprint density at radius 3 is 2.96 bits per heavy atom. The van der Waals surface area contributed by atoms with Crippen molar-refractivity contribution in [2.75, 3.05) is 26.8 Å². The number of rotatable bonds is 7. The highest BCUT2D eigenvalue weighted by atomic mass is 32.1. The van der Waals surface area contributed by atoms with Gasteiger partial charge in [-0.3, -0.25) is 9.59 Å². The van der Waals surface area contributed by atoms with E-state index in [9.17, 15) is 9.59 Å². The van der Waals surface area contributed by atoms with E-state index in [1.54, 1.807) is 17.5 Å². The van der Waals surface area contributed by atoms with E-state index in [2.05, 4.69) is 10.3 Å². The summed E-state index contributed by atoms with van der Waals surface area (Å²) in [4.78, 5) is 31.7. The fourth-order valence-corrected chi connectivity index (χ4v) is 3.81. The molecule has 0 aliphatic carbocycles. The van der Waals surface area contributed by atoms with Crippen molar-refractivity contribution in [3.63, 3.8) is 0 Å². The molecule has 1 aliphatic heterocycles. The quantitative estimate of drug-likeness (QED) is 0.808. The van der Waals surface area contributed by atoms with Crippen molar-refractivity contribution in [3.05, 3.63) is 40.7 Å². The number of ether oxygens (including phenoxy) is 1. The monoisotopic (exact) mass is 373 g/mol. The van der Waals surface area contributed by atoms with E-state index in [0.717, 1.165) is 16.1 Å². The van der Waals surface area contributed by atoms with E-state index < -0.39 is 0 Å². The zero-order valence-corrected chi connectivity index (χ0v) is 15.6. The molecule has 1 aliphatic rings. The lowest BCUT2D eigenvalue weighted by molar-refractivity contribution is -0.138. The number of nitrogens with one attached hydrogen (secondary N) is 1. The van der Waals surface area contributed by atoms with Gasteiger partial charge in [-0.15, -0.1) is 11.3 Å². The number of likely N-dealkylation sites (tertiary alicyclic amines) is 1. The second kappa shape index (κ2) is 8.91. The molecule has 3 rings (SSSR count). The number of benzene rings is 1. The lowest BCUT2D eigenvalue weighted by Gasteiger charge is -2.31. The number of carbonyl (C=O) groups excluding carboxylic acids is 2. The molecule has 1 N–H and O–H groups in total. The average Bonchev–Trinajstić information content (AvgIpc) is 3.15. The Balaban J connectivity index is 1.58. The Bertz CT molecular complexity index is 747. The number of carbonyl (C=O) groups is 2. The molecule has 2 amide bonds. The topological polar surface area (TPSA) is 71.5 Å². The molecule has 0 spiro atoms. The van der Waals surface area contributed by atoms with E-state index in [0.29, 0.717) is 39.1 Å². The predicted octanol–water partition coefficient (Wildman–Crippen LogP) is 2.31. The summed E-state index contributed by atoms with van der Waals surface area (Å²) in [6.45, 7) is 1.94. The van der Waals surface area contributed by atoms with Gasteiger partial charge in [0.15, 0.2) is 0 Å². The van der Waals surface area contributed by atoms with Crippen molar-refractivity contribution >= 4 is 23.2 Å². The Labute approximate surface area is 157 Å². The summed E-state index contributed by atoms with van der Waals surface area (Å²) < 4.78 is 5.04. The predicted molar refractivity (Wildman–Crippen MR) is 101 cm³/mol. The van der Waals surface area contributed by atoms with E-state index in [1.807, 2.05) is 30.3 Å². The molecule has 1 aromatic carbocycles. The lowest BCUT2D eigenvalue weighted by Crippen LogP contribution is -2.46. The number of aromatic nitrogens is 1. The Hall–Kier alpha value is -2.25. The van der Waals surface area contributed by atoms with Gasteiger partial charge in [0.2, 0.25) is 11.8 Å². The summed E-state index contributed by atoms with van der Waals surface area (Å²) >= 11 is 1.54. The molecule has 0 radical (unpaired) electrons. The number of nitrogens with zero attached hydrogens (tertiary/aromatic N) is 2. The van der Waals surface area contributed by atoms with Gasteiger partial charge in [0.25, 0.3) is 0 Å². The zero-order valence-electron chi connectivity index (χ0n) is 14.8. The fraction of sp³-hybridized carbons (Fsp3) is 0.421. The first-order valence-corrected chi connectivity index (χ1v) is 9.59. The number of piperidine rings is 1. The van der Waals surface area contributed by atoms with Gasteiger partial charge in [0, 0.05) is 32.2 Å². The van der Waals surface area contributed by atoms with Gasteiger partial charge in [0.05, 0.1) is 35.2 Å². The average molecular weight is 373 g/mol. The molecule has 0 bridgehead atoms. The highest BCUT2D eigenvalue weighted by Gasteiger charge is 2.30. The molecule has 7 heteroatoms. The summed E-state index contributed by atoms with van der Waals surface area (Å²) in [5.74, 6) is -0.0788. The minimum absolute atomic E-state index is 0.00710. The zero-order chi connectivity index (χ0) is 18.4. The molecule has 6 nitrogen and oxygen atoms in total. The normalized spacial score (nSPS) is 17.3. The van der Waals surface area contributed by atoms with E-state index in [1.165, 1.54) is 11.3 Å². The second-order valence-electron chi connectivity index (χ2n) is 6.28. The van der Waals surface area contributed by atoms with Crippen LogP contribution in [-0.2, 0) is 20.9 Å². The first kappa shape index (κ1) is 18.5. The SMILES string of the molecule is COCCN1CC(C(=O)NCc2scnc2-c2ccccc2)CCC1=O. The van der Waals surface area contributed by atoms with Gasteiger partial charge in [-0.05, 0) is 6.42 Å². The fourth-order valence-electron chi connectivity index (χ4n) is 3.09. The molecule has 0 saturated carbocycles. The van der Waals surface area contributed by atoms with Crippen LogP contribution in [0.3, 0.4) is 0 Å². The summed E-state index contributed by atoms with van der Waals surface area (Å²) in [6.07, 6.45) is 1.01. The number of amides is 2. The van der Waals surface area contributed by atoms with Crippen molar-refractivity contribution in [3.8, 4) is 11.3 Å². The Morgan fingerprint density at radius 1 is 1.38 bits per heavy atom. The van der Waals surface area contributed by atoms with Crippen LogP contribution in [0.4, 0.5) is 0 Å². The van der Waals surface area contributed by atoms with Crippen LogP contribution in [0.25, 0.3) is 11.3 Å². The maximum absolute atomic E-state index is 12.6. The largest absolute Gasteiger partial charge is 0.383 e. The highest BCUT2D eigenvalue weighted by molar-refractivity contribution is 7.10. The molecule has 26 heavy (non-hydrogen) atoms. The summed E-state index contributed by atoms with van der Waals surface area (Å²) in [5, 5.41) is 3.02. The third-order valence-corrected chi connectivity index (χ3v) is 5.38. The van der Waals surface area contributed by atoms with Crippen molar-refractivity contribution in [1.29, 1.82) is 0 Å². The lowest BCUT2D eigenvalue weighted by atomic mass is 9.96. The summed E-state index contributed by atoms with van der Waals surface area (Å²) in [7, 11) is 1.61. The van der Waals surface area contributed by atoms with E-state index >= 15 is 0 Å². The third-order valence-electron chi connectivity index (χ3n) is 4.55. The molecule has 2 aromatic rings. The molecule has 1 atom stereocenters. The Morgan fingerprint density at radius 2 is 2.19 bits per heavy atom. The number of methoxy groups -OCH3 is 1. The van der Waals surface area contributed by atoms with Gasteiger partial charge in [0.1, 0.15) is 0 Å².